The fraction of sp³-hybridized carbons (Fsp3) is 0.318. The molecule has 7 heteroatoms. The largest absolute Gasteiger partial charge is 0.325 e. The van der Waals surface area contributed by atoms with E-state index >= 15 is 0 Å². The normalized spacial score (nSPS) is 14.7. The molecular formula is C22H23ClN4OS. The molecule has 2 aromatic carbocycles. The van der Waals surface area contributed by atoms with Gasteiger partial charge in [-0.25, -0.2) is 0 Å². The summed E-state index contributed by atoms with van der Waals surface area (Å²) in [6.45, 7) is 0. The van der Waals surface area contributed by atoms with Crippen LogP contribution in [-0.4, -0.2) is 26.4 Å². The molecule has 1 aliphatic carbocycles. The first-order chi connectivity index (χ1) is 14.2. The molecule has 5 nitrogen and oxygen atoms in total. The van der Waals surface area contributed by atoms with E-state index in [-0.39, 0.29) is 11.7 Å². The van der Waals surface area contributed by atoms with Crippen molar-refractivity contribution in [1.82, 2.24) is 14.8 Å². The maximum Gasteiger partial charge on any atom is 0.234 e. The van der Waals surface area contributed by atoms with Gasteiger partial charge in [0.15, 0.2) is 5.16 Å². The number of benzene rings is 2. The van der Waals surface area contributed by atoms with Crippen molar-refractivity contribution in [2.45, 2.75) is 43.2 Å². The molecule has 0 spiro atoms. The number of anilines is 1. The molecule has 1 aromatic heterocycles. The van der Waals surface area contributed by atoms with E-state index < -0.39 is 0 Å². The van der Waals surface area contributed by atoms with Gasteiger partial charge < -0.3 is 5.32 Å². The summed E-state index contributed by atoms with van der Waals surface area (Å²) in [5.41, 5.74) is 1.77. The zero-order valence-corrected chi connectivity index (χ0v) is 17.6. The van der Waals surface area contributed by atoms with E-state index in [1.807, 2.05) is 18.2 Å². The highest BCUT2D eigenvalue weighted by Crippen LogP contribution is 2.34. The van der Waals surface area contributed by atoms with Crippen LogP contribution in [0.4, 0.5) is 5.69 Å². The van der Waals surface area contributed by atoms with Gasteiger partial charge in [0.05, 0.1) is 5.75 Å². The van der Waals surface area contributed by atoms with Gasteiger partial charge in [-0.15, -0.1) is 10.2 Å². The molecule has 150 valence electrons. The van der Waals surface area contributed by atoms with E-state index in [0.29, 0.717) is 10.9 Å². The van der Waals surface area contributed by atoms with Crippen LogP contribution in [0.25, 0.3) is 5.69 Å². The van der Waals surface area contributed by atoms with Crippen LogP contribution in [0.2, 0.25) is 5.02 Å². The van der Waals surface area contributed by atoms with Crippen molar-refractivity contribution < 1.29 is 4.79 Å². The Kier molecular flexibility index (Phi) is 6.52. The molecular weight excluding hydrogens is 404 g/mol. The van der Waals surface area contributed by atoms with Crippen molar-refractivity contribution in [2.75, 3.05) is 11.1 Å². The molecule has 0 atom stereocenters. The molecule has 0 aliphatic heterocycles. The molecule has 1 saturated carbocycles. The average Bonchev–Trinajstić information content (AvgIpc) is 3.19. The van der Waals surface area contributed by atoms with Crippen LogP contribution in [0, 0.1) is 0 Å². The zero-order chi connectivity index (χ0) is 20.1. The smallest absolute Gasteiger partial charge is 0.234 e. The Morgan fingerprint density at radius 2 is 1.76 bits per heavy atom. The number of carbonyl (C=O) groups is 1. The molecule has 4 rings (SSSR count). The van der Waals surface area contributed by atoms with E-state index in [4.69, 9.17) is 11.6 Å². The molecule has 29 heavy (non-hydrogen) atoms. The SMILES string of the molecule is O=C(CSc1nnc(C2CCCCC2)n1-c1ccccc1)Nc1ccc(Cl)cc1. The van der Waals surface area contributed by atoms with E-state index in [1.165, 1.54) is 31.0 Å². The lowest BCUT2D eigenvalue weighted by atomic mass is 9.88. The summed E-state index contributed by atoms with van der Waals surface area (Å²) >= 11 is 7.31. The number of rotatable bonds is 6. The summed E-state index contributed by atoms with van der Waals surface area (Å²) in [4.78, 5) is 12.4. The first-order valence-electron chi connectivity index (χ1n) is 9.89. The number of amides is 1. The molecule has 0 saturated heterocycles. The second-order valence-electron chi connectivity index (χ2n) is 7.19. The van der Waals surface area contributed by atoms with Crippen molar-refractivity contribution in [3.05, 3.63) is 65.4 Å². The summed E-state index contributed by atoms with van der Waals surface area (Å²) in [6.07, 6.45) is 6.05. The maximum atomic E-state index is 12.4. The third kappa shape index (κ3) is 5.00. The summed E-state index contributed by atoms with van der Waals surface area (Å²) in [7, 11) is 0. The topological polar surface area (TPSA) is 59.8 Å². The van der Waals surface area contributed by atoms with Crippen molar-refractivity contribution in [2.24, 2.45) is 0 Å². The van der Waals surface area contributed by atoms with Crippen molar-refractivity contribution in [3.8, 4) is 5.69 Å². The van der Waals surface area contributed by atoms with Crippen LogP contribution >= 0.6 is 23.4 Å². The number of thioether (sulfide) groups is 1. The second kappa shape index (κ2) is 9.46. The number of aromatic nitrogens is 3. The Morgan fingerprint density at radius 3 is 2.48 bits per heavy atom. The van der Waals surface area contributed by atoms with Gasteiger partial charge in [0, 0.05) is 22.3 Å². The molecule has 0 bridgehead atoms. The highest BCUT2D eigenvalue weighted by Gasteiger charge is 2.24. The van der Waals surface area contributed by atoms with Crippen LogP contribution in [0.3, 0.4) is 0 Å². The zero-order valence-electron chi connectivity index (χ0n) is 16.1. The lowest BCUT2D eigenvalue weighted by Crippen LogP contribution is -2.15. The predicted octanol–water partition coefficient (Wildman–Crippen LogP) is 5.70. The average molecular weight is 427 g/mol. The van der Waals surface area contributed by atoms with E-state index in [0.717, 1.165) is 35.2 Å². The molecule has 1 heterocycles. The Balaban J connectivity index is 1.51. The Labute approximate surface area is 179 Å². The lowest BCUT2D eigenvalue weighted by molar-refractivity contribution is -0.113. The summed E-state index contributed by atoms with van der Waals surface area (Å²) in [5.74, 6) is 1.61. The number of nitrogens with zero attached hydrogens (tertiary/aromatic N) is 3. The van der Waals surface area contributed by atoms with Crippen molar-refractivity contribution in [3.63, 3.8) is 0 Å². The lowest BCUT2D eigenvalue weighted by Gasteiger charge is -2.22. The third-order valence-electron chi connectivity index (χ3n) is 5.10. The summed E-state index contributed by atoms with van der Waals surface area (Å²) in [6, 6.07) is 17.3. The van der Waals surface area contributed by atoms with Gasteiger partial charge in [0.2, 0.25) is 5.91 Å². The van der Waals surface area contributed by atoms with Crippen LogP contribution in [0.15, 0.2) is 59.8 Å². The Bertz CT molecular complexity index is 953. The molecule has 1 N–H and O–H groups in total. The highest BCUT2D eigenvalue weighted by atomic mass is 35.5. The summed E-state index contributed by atoms with van der Waals surface area (Å²) < 4.78 is 2.12. The second-order valence-corrected chi connectivity index (χ2v) is 8.57. The number of nitrogens with one attached hydrogen (secondary N) is 1. The van der Waals surface area contributed by atoms with Gasteiger partial charge in [-0.2, -0.15) is 0 Å². The van der Waals surface area contributed by atoms with Crippen molar-refractivity contribution in [1.29, 1.82) is 0 Å². The molecule has 3 aromatic rings. The van der Waals surface area contributed by atoms with Gasteiger partial charge in [0.1, 0.15) is 5.82 Å². The van der Waals surface area contributed by atoms with Crippen LogP contribution < -0.4 is 5.32 Å². The quantitative estimate of drug-likeness (QED) is 0.513. The number of hydrogen-bond acceptors (Lipinski definition) is 4. The van der Waals surface area contributed by atoms with Crippen LogP contribution in [-0.2, 0) is 4.79 Å². The van der Waals surface area contributed by atoms with Crippen LogP contribution in [0.1, 0.15) is 43.8 Å². The molecule has 0 radical (unpaired) electrons. The van der Waals surface area contributed by atoms with Gasteiger partial charge in [-0.1, -0.05) is 60.8 Å². The predicted molar refractivity (Wildman–Crippen MR) is 118 cm³/mol. The van der Waals surface area contributed by atoms with Gasteiger partial charge in [0.25, 0.3) is 0 Å². The third-order valence-corrected chi connectivity index (χ3v) is 6.28. The first-order valence-corrected chi connectivity index (χ1v) is 11.3. The maximum absolute atomic E-state index is 12.4. The number of hydrogen-bond donors (Lipinski definition) is 1. The molecule has 1 amide bonds. The van der Waals surface area contributed by atoms with Gasteiger partial charge in [-0.05, 0) is 49.2 Å². The minimum atomic E-state index is -0.0841. The Morgan fingerprint density at radius 1 is 1.03 bits per heavy atom. The van der Waals surface area contributed by atoms with Crippen LogP contribution in [0.5, 0.6) is 0 Å². The first kappa shape index (κ1) is 20.0. The Hall–Kier alpha value is -2.31. The molecule has 0 unspecified atom stereocenters. The van der Waals surface area contributed by atoms with E-state index in [1.54, 1.807) is 24.3 Å². The number of carbonyl (C=O) groups excluding carboxylic acids is 1. The minimum Gasteiger partial charge on any atom is -0.325 e. The monoisotopic (exact) mass is 426 g/mol. The standard InChI is InChI=1S/C22H23ClN4OS/c23-17-11-13-18(14-12-17)24-20(28)15-29-22-26-25-21(16-7-3-1-4-8-16)27(22)19-9-5-2-6-10-19/h2,5-6,9-14,16H,1,3-4,7-8,15H2,(H,24,28). The van der Waals surface area contributed by atoms with Gasteiger partial charge in [-0.3, -0.25) is 9.36 Å². The number of halogens is 1. The summed E-state index contributed by atoms with van der Waals surface area (Å²) in [5, 5.41) is 13.3. The van der Waals surface area contributed by atoms with E-state index in [2.05, 4.69) is 32.2 Å². The number of para-hydroxylation sites is 1. The minimum absolute atomic E-state index is 0.0841. The molecule has 1 aliphatic rings. The molecule has 1 fully saturated rings. The van der Waals surface area contributed by atoms with Gasteiger partial charge >= 0.3 is 0 Å². The van der Waals surface area contributed by atoms with Crippen molar-refractivity contribution >= 4 is 35.0 Å². The van der Waals surface area contributed by atoms with E-state index in [9.17, 15) is 4.79 Å². The fourth-order valence-corrected chi connectivity index (χ4v) is 4.56. The fourth-order valence-electron chi connectivity index (χ4n) is 3.68. The highest BCUT2D eigenvalue weighted by molar-refractivity contribution is 7.99.